The molecule has 1 aliphatic heterocycles. The number of aromatic nitrogens is 1. The van der Waals surface area contributed by atoms with Gasteiger partial charge in [-0.15, -0.1) is 0 Å². The normalized spacial score (nSPS) is 16.9. The third kappa shape index (κ3) is 12.1. The van der Waals surface area contributed by atoms with E-state index in [0.717, 1.165) is 49.3 Å². The van der Waals surface area contributed by atoms with Gasteiger partial charge in [-0.25, -0.2) is 4.39 Å². The summed E-state index contributed by atoms with van der Waals surface area (Å²) in [6, 6.07) is 8.19. The van der Waals surface area contributed by atoms with E-state index in [9.17, 15) is 18.8 Å². The van der Waals surface area contributed by atoms with Crippen molar-refractivity contribution >= 4 is 34.1 Å². The largest absolute Gasteiger partial charge is 0.466 e. The van der Waals surface area contributed by atoms with E-state index in [0.29, 0.717) is 17.8 Å². The smallest absolute Gasteiger partial charge is 0.308 e. The molecule has 0 saturated heterocycles. The van der Waals surface area contributed by atoms with Crippen molar-refractivity contribution < 1.29 is 28.3 Å². The zero-order valence-electron chi connectivity index (χ0n) is 27.5. The predicted molar refractivity (Wildman–Crippen MR) is 180 cm³/mol. The second-order valence-corrected chi connectivity index (χ2v) is 12.1. The third-order valence-corrected chi connectivity index (χ3v) is 8.09. The lowest BCUT2D eigenvalue weighted by atomic mass is 9.94. The van der Waals surface area contributed by atoms with Crippen LogP contribution in [0.5, 0.6) is 0 Å². The molecule has 1 unspecified atom stereocenters. The van der Waals surface area contributed by atoms with Crippen LogP contribution in [0.1, 0.15) is 109 Å². The lowest BCUT2D eigenvalue weighted by Gasteiger charge is -2.24. The highest BCUT2D eigenvalue weighted by molar-refractivity contribution is 6.12. The van der Waals surface area contributed by atoms with Gasteiger partial charge in [0.25, 0.3) is 5.91 Å². The van der Waals surface area contributed by atoms with Crippen molar-refractivity contribution in [1.29, 1.82) is 0 Å². The maximum Gasteiger partial charge on any atom is 0.308 e. The standard InChI is InChI=1S/C37H50FN3O5/c1-3-4-5-6-7-8-9-10-11-12-13-14-15-16-17-20-25-45-34(43)26-31(33(42)28-38)40-36(44)37(2)27-32(41-46-37)35-30-22-19-18-21-29(30)23-24-39-35/h7-8,10-11,18-19,21-24,31H,3-6,9,12-17,20,25-28H2,1-2H3,(H,40,44)/b8-7+,11-10+/t31-,37?/m0/s1. The molecule has 3 rings (SSSR count). The molecule has 2 atom stereocenters. The number of esters is 1. The number of halogens is 1. The van der Waals surface area contributed by atoms with Gasteiger partial charge in [-0.2, -0.15) is 0 Å². The summed E-state index contributed by atoms with van der Waals surface area (Å²) >= 11 is 0. The third-order valence-electron chi connectivity index (χ3n) is 8.09. The van der Waals surface area contributed by atoms with Gasteiger partial charge in [0, 0.05) is 18.0 Å². The zero-order valence-corrected chi connectivity index (χ0v) is 27.5. The van der Waals surface area contributed by atoms with Crippen LogP contribution >= 0.6 is 0 Å². The maximum atomic E-state index is 13.3. The highest BCUT2D eigenvalue weighted by Gasteiger charge is 2.44. The van der Waals surface area contributed by atoms with Crippen molar-refractivity contribution in [2.24, 2.45) is 5.16 Å². The lowest BCUT2D eigenvalue weighted by Crippen LogP contribution is -2.52. The first kappa shape index (κ1) is 36.6. The van der Waals surface area contributed by atoms with Gasteiger partial charge >= 0.3 is 5.97 Å². The number of benzene rings is 1. The Morgan fingerprint density at radius 2 is 1.67 bits per heavy atom. The highest BCUT2D eigenvalue weighted by atomic mass is 19.1. The van der Waals surface area contributed by atoms with E-state index in [2.05, 4.69) is 46.7 Å². The summed E-state index contributed by atoms with van der Waals surface area (Å²) in [4.78, 5) is 47.9. The molecule has 0 fully saturated rings. The number of carbonyl (C=O) groups excluding carboxylic acids is 3. The summed E-state index contributed by atoms with van der Waals surface area (Å²) in [6.07, 6.45) is 23.6. The van der Waals surface area contributed by atoms with E-state index in [1.54, 1.807) is 6.20 Å². The van der Waals surface area contributed by atoms with Crippen molar-refractivity contribution in [1.82, 2.24) is 10.3 Å². The minimum absolute atomic E-state index is 0.0916. The van der Waals surface area contributed by atoms with Crippen molar-refractivity contribution in [2.75, 3.05) is 13.3 Å². The molecule has 1 aliphatic rings. The number of rotatable bonds is 22. The first-order valence-electron chi connectivity index (χ1n) is 16.8. The Bertz CT molecular complexity index is 1350. The second-order valence-electron chi connectivity index (χ2n) is 12.1. The summed E-state index contributed by atoms with van der Waals surface area (Å²) < 4.78 is 18.6. The Morgan fingerprint density at radius 1 is 0.978 bits per heavy atom. The Kier molecular flexibility index (Phi) is 16.1. The van der Waals surface area contributed by atoms with E-state index in [1.807, 2.05) is 30.3 Å². The molecule has 1 aromatic carbocycles. The molecule has 0 radical (unpaired) electrons. The summed E-state index contributed by atoms with van der Waals surface area (Å²) in [5.74, 6) is -2.24. The molecule has 2 aromatic rings. The van der Waals surface area contributed by atoms with Crippen molar-refractivity contribution in [3.05, 3.63) is 66.5 Å². The number of nitrogens with zero attached hydrogens (tertiary/aromatic N) is 2. The van der Waals surface area contributed by atoms with Crippen LogP contribution < -0.4 is 5.32 Å². The minimum Gasteiger partial charge on any atom is -0.466 e. The molecule has 9 heteroatoms. The molecular formula is C37H50FN3O5. The molecule has 0 bridgehead atoms. The van der Waals surface area contributed by atoms with Crippen LogP contribution in [0.2, 0.25) is 0 Å². The molecule has 0 spiro atoms. The van der Waals surface area contributed by atoms with Crippen LogP contribution in [-0.4, -0.2) is 53.3 Å². The van der Waals surface area contributed by atoms with E-state index in [4.69, 9.17) is 9.57 Å². The number of alkyl halides is 1. The van der Waals surface area contributed by atoms with Crippen molar-refractivity contribution in [3.63, 3.8) is 0 Å². The summed E-state index contributed by atoms with van der Waals surface area (Å²) in [5, 5.41) is 8.44. The number of ether oxygens (including phenoxy) is 1. The number of allylic oxidation sites excluding steroid dienone is 4. The Morgan fingerprint density at radius 3 is 2.41 bits per heavy atom. The van der Waals surface area contributed by atoms with Crippen LogP contribution in [0.4, 0.5) is 4.39 Å². The Balaban J connectivity index is 1.31. The lowest BCUT2D eigenvalue weighted by molar-refractivity contribution is -0.148. The number of Topliss-reactive ketones (excluding diaryl/α,β-unsaturated/α-hetero) is 1. The number of hydrogen-bond acceptors (Lipinski definition) is 7. The summed E-state index contributed by atoms with van der Waals surface area (Å²) in [6.45, 7) is 2.65. The molecule has 1 N–H and O–H groups in total. The fraction of sp³-hybridized carbons (Fsp3) is 0.541. The monoisotopic (exact) mass is 635 g/mol. The Hall–Kier alpha value is -3.88. The van der Waals surface area contributed by atoms with E-state index in [1.165, 1.54) is 39.0 Å². The maximum absolute atomic E-state index is 13.3. The van der Waals surface area contributed by atoms with Gasteiger partial charge in [-0.1, -0.05) is 99.2 Å². The van der Waals surface area contributed by atoms with Gasteiger partial charge in [0.05, 0.1) is 18.7 Å². The van der Waals surface area contributed by atoms with E-state index >= 15 is 0 Å². The number of unbranched alkanes of at least 4 members (excludes halogenated alkanes) is 9. The quantitative estimate of drug-likeness (QED) is 0.0801. The van der Waals surface area contributed by atoms with Gasteiger partial charge in [0.15, 0.2) is 5.78 Å². The van der Waals surface area contributed by atoms with Crippen LogP contribution in [0.3, 0.4) is 0 Å². The Labute approximate surface area is 272 Å². The molecule has 2 heterocycles. The van der Waals surface area contributed by atoms with Crippen LogP contribution in [0.25, 0.3) is 10.8 Å². The average Bonchev–Trinajstić information content (AvgIpc) is 3.48. The number of amides is 1. The van der Waals surface area contributed by atoms with Gasteiger partial charge < -0.3 is 14.9 Å². The molecule has 1 amide bonds. The number of oxime groups is 1. The topological polar surface area (TPSA) is 107 Å². The number of carbonyl (C=O) groups is 3. The molecule has 0 aliphatic carbocycles. The first-order valence-corrected chi connectivity index (χ1v) is 16.8. The zero-order chi connectivity index (χ0) is 33.0. The SMILES string of the molecule is CCCCC/C=C/C/C=C/CCCCCCCCOC(=O)C[C@H](NC(=O)C1(C)CC(c2nccc3ccccc23)=NO1)C(=O)CF. The fourth-order valence-corrected chi connectivity index (χ4v) is 5.29. The number of fused-ring (bicyclic) bond motifs is 1. The predicted octanol–water partition coefficient (Wildman–Crippen LogP) is 7.89. The first-order chi connectivity index (χ1) is 22.4. The van der Waals surface area contributed by atoms with Crippen LogP contribution in [-0.2, 0) is 24.0 Å². The number of nitrogens with one attached hydrogen (secondary N) is 1. The molecule has 250 valence electrons. The van der Waals surface area contributed by atoms with Crippen molar-refractivity contribution in [2.45, 2.75) is 115 Å². The van der Waals surface area contributed by atoms with Gasteiger partial charge in [-0.3, -0.25) is 19.4 Å². The minimum atomic E-state index is -1.45. The molecular weight excluding hydrogens is 585 g/mol. The van der Waals surface area contributed by atoms with Gasteiger partial charge in [-0.05, 0) is 56.9 Å². The molecule has 1 aromatic heterocycles. The number of pyridine rings is 1. The van der Waals surface area contributed by atoms with Crippen LogP contribution in [0, 0.1) is 0 Å². The fourth-order valence-electron chi connectivity index (χ4n) is 5.29. The van der Waals surface area contributed by atoms with Gasteiger partial charge in [0.2, 0.25) is 5.60 Å². The molecule has 46 heavy (non-hydrogen) atoms. The average molecular weight is 636 g/mol. The number of hydrogen-bond donors (Lipinski definition) is 1. The second kappa shape index (κ2) is 20.3. The summed E-state index contributed by atoms with van der Waals surface area (Å²) in [7, 11) is 0. The molecule has 8 nitrogen and oxygen atoms in total. The number of ketones is 1. The van der Waals surface area contributed by atoms with Gasteiger partial charge in [0.1, 0.15) is 18.4 Å². The van der Waals surface area contributed by atoms with Crippen molar-refractivity contribution in [3.8, 4) is 0 Å². The van der Waals surface area contributed by atoms with Crippen LogP contribution in [0.15, 0.2) is 66.0 Å². The summed E-state index contributed by atoms with van der Waals surface area (Å²) in [5.41, 5.74) is -0.373. The molecule has 0 saturated carbocycles. The highest BCUT2D eigenvalue weighted by Crippen LogP contribution is 2.29. The van der Waals surface area contributed by atoms with E-state index in [-0.39, 0.29) is 13.0 Å². The van der Waals surface area contributed by atoms with E-state index < -0.39 is 42.4 Å².